The van der Waals surface area contributed by atoms with E-state index in [0.29, 0.717) is 12.5 Å². The quantitative estimate of drug-likeness (QED) is 0.831. The van der Waals surface area contributed by atoms with Crippen molar-refractivity contribution >= 4 is 5.69 Å². The fourth-order valence-corrected chi connectivity index (χ4v) is 2.58. The van der Waals surface area contributed by atoms with E-state index in [-0.39, 0.29) is 5.82 Å². The summed E-state index contributed by atoms with van der Waals surface area (Å²) < 4.78 is 13.0. The second kappa shape index (κ2) is 6.23. The number of hydrogen-bond acceptors (Lipinski definition) is 3. The molecule has 0 heterocycles. The maximum Gasteiger partial charge on any atom is 0.127 e. The van der Waals surface area contributed by atoms with Crippen LogP contribution < -0.4 is 10.2 Å². The van der Waals surface area contributed by atoms with E-state index >= 15 is 0 Å². The zero-order valence-corrected chi connectivity index (χ0v) is 12.2. The van der Waals surface area contributed by atoms with Crippen molar-refractivity contribution in [3.8, 4) is 6.07 Å². The molecule has 1 aromatic carbocycles. The molecule has 1 N–H and O–H groups in total. The van der Waals surface area contributed by atoms with Crippen LogP contribution in [-0.2, 0) is 0 Å². The van der Waals surface area contributed by atoms with Gasteiger partial charge in [0.1, 0.15) is 11.4 Å². The molecule has 1 aliphatic carbocycles. The molecular weight excluding hydrogens is 253 g/mol. The van der Waals surface area contributed by atoms with E-state index in [1.807, 2.05) is 11.9 Å². The smallest absolute Gasteiger partial charge is 0.127 e. The molecule has 0 radical (unpaired) electrons. The SMILES string of the molecule is CCCNC(C#N)(CN(C)c1ccc(F)cc1)C1CC1. The van der Waals surface area contributed by atoms with Crippen LogP contribution in [0.15, 0.2) is 24.3 Å². The summed E-state index contributed by atoms with van der Waals surface area (Å²) in [5.74, 6) is 0.196. The number of anilines is 1. The number of benzene rings is 1. The third kappa shape index (κ3) is 3.29. The molecule has 1 unspecified atom stereocenters. The van der Waals surface area contributed by atoms with Gasteiger partial charge in [-0.25, -0.2) is 4.39 Å². The van der Waals surface area contributed by atoms with E-state index in [1.54, 1.807) is 12.1 Å². The number of likely N-dealkylation sites (N-methyl/N-ethyl adjacent to an activating group) is 1. The van der Waals surface area contributed by atoms with Gasteiger partial charge in [0.2, 0.25) is 0 Å². The fraction of sp³-hybridized carbons (Fsp3) is 0.562. The van der Waals surface area contributed by atoms with E-state index in [1.165, 1.54) is 12.1 Å². The minimum Gasteiger partial charge on any atom is -0.372 e. The Morgan fingerprint density at radius 3 is 2.55 bits per heavy atom. The van der Waals surface area contributed by atoms with Gasteiger partial charge in [-0.3, -0.25) is 5.32 Å². The third-order valence-corrected chi connectivity index (χ3v) is 3.92. The Labute approximate surface area is 120 Å². The Bertz CT molecular complexity index is 475. The number of nitrogens with one attached hydrogen (secondary N) is 1. The van der Waals surface area contributed by atoms with Crippen molar-refractivity contribution in [1.29, 1.82) is 5.26 Å². The first-order valence-electron chi connectivity index (χ1n) is 7.24. The summed E-state index contributed by atoms with van der Waals surface area (Å²) in [6.45, 7) is 3.58. The molecule has 20 heavy (non-hydrogen) atoms. The monoisotopic (exact) mass is 275 g/mol. The van der Waals surface area contributed by atoms with Gasteiger partial charge in [-0.2, -0.15) is 5.26 Å². The van der Waals surface area contributed by atoms with Crippen LogP contribution in [0.2, 0.25) is 0 Å². The molecule has 4 heteroatoms. The van der Waals surface area contributed by atoms with Crippen molar-refractivity contribution in [2.75, 3.05) is 25.0 Å². The third-order valence-electron chi connectivity index (χ3n) is 3.92. The van der Waals surface area contributed by atoms with E-state index < -0.39 is 5.54 Å². The van der Waals surface area contributed by atoms with E-state index in [4.69, 9.17) is 0 Å². The predicted molar refractivity (Wildman–Crippen MR) is 79.0 cm³/mol. The molecule has 0 bridgehead atoms. The summed E-state index contributed by atoms with van der Waals surface area (Å²) >= 11 is 0. The molecule has 1 aliphatic rings. The van der Waals surface area contributed by atoms with Gasteiger partial charge < -0.3 is 4.90 Å². The Balaban J connectivity index is 2.10. The molecule has 3 nitrogen and oxygen atoms in total. The summed E-state index contributed by atoms with van der Waals surface area (Å²) in [6.07, 6.45) is 3.24. The molecule has 1 aromatic rings. The molecular formula is C16H22FN3. The van der Waals surface area contributed by atoms with Gasteiger partial charge in [-0.05, 0) is 56.0 Å². The van der Waals surface area contributed by atoms with Gasteiger partial charge in [0.05, 0.1) is 6.07 Å². The Kier molecular flexibility index (Phi) is 4.61. The van der Waals surface area contributed by atoms with Gasteiger partial charge in [0.25, 0.3) is 0 Å². The van der Waals surface area contributed by atoms with Crippen LogP contribution in [0, 0.1) is 23.1 Å². The molecule has 0 aliphatic heterocycles. The summed E-state index contributed by atoms with van der Waals surface area (Å²) in [7, 11) is 1.95. The van der Waals surface area contributed by atoms with Gasteiger partial charge in [0.15, 0.2) is 0 Å². The maximum atomic E-state index is 13.0. The lowest BCUT2D eigenvalue weighted by molar-refractivity contribution is 0.369. The van der Waals surface area contributed by atoms with Gasteiger partial charge in [-0.15, -0.1) is 0 Å². The summed E-state index contributed by atoms with van der Waals surface area (Å²) in [4.78, 5) is 2.03. The first-order chi connectivity index (χ1) is 9.61. The van der Waals surface area contributed by atoms with Crippen molar-refractivity contribution in [2.45, 2.75) is 31.7 Å². The van der Waals surface area contributed by atoms with Crippen LogP contribution >= 0.6 is 0 Å². The van der Waals surface area contributed by atoms with Crippen LogP contribution in [0.4, 0.5) is 10.1 Å². The average molecular weight is 275 g/mol. The van der Waals surface area contributed by atoms with Crippen molar-refractivity contribution in [3.05, 3.63) is 30.1 Å². The van der Waals surface area contributed by atoms with E-state index in [0.717, 1.165) is 31.5 Å². The van der Waals surface area contributed by atoms with Crippen LogP contribution in [0.3, 0.4) is 0 Å². The Hall–Kier alpha value is -1.60. The molecule has 1 fully saturated rings. The van der Waals surface area contributed by atoms with Crippen molar-refractivity contribution in [3.63, 3.8) is 0 Å². The molecule has 1 saturated carbocycles. The lowest BCUT2D eigenvalue weighted by Gasteiger charge is -2.33. The highest BCUT2D eigenvalue weighted by Gasteiger charge is 2.46. The van der Waals surface area contributed by atoms with E-state index in [9.17, 15) is 9.65 Å². The predicted octanol–water partition coefficient (Wildman–Crippen LogP) is 2.93. The molecule has 2 rings (SSSR count). The zero-order chi connectivity index (χ0) is 14.6. The standard InChI is InChI=1S/C16H22FN3/c1-3-10-19-16(11-18,13-4-5-13)12-20(2)15-8-6-14(17)7-9-15/h6-9,13,19H,3-5,10,12H2,1-2H3. The second-order valence-corrected chi connectivity index (χ2v) is 5.62. The van der Waals surface area contributed by atoms with Gasteiger partial charge in [0, 0.05) is 19.3 Å². The van der Waals surface area contributed by atoms with E-state index in [2.05, 4.69) is 18.3 Å². The van der Waals surface area contributed by atoms with Gasteiger partial charge in [-0.1, -0.05) is 6.92 Å². The van der Waals surface area contributed by atoms with Crippen LogP contribution in [0.1, 0.15) is 26.2 Å². The van der Waals surface area contributed by atoms with Crippen molar-refractivity contribution in [1.82, 2.24) is 5.32 Å². The number of halogens is 1. The molecule has 108 valence electrons. The second-order valence-electron chi connectivity index (χ2n) is 5.62. The number of rotatable bonds is 7. The average Bonchev–Trinajstić information content (AvgIpc) is 3.29. The Morgan fingerprint density at radius 1 is 1.40 bits per heavy atom. The summed E-state index contributed by atoms with van der Waals surface area (Å²) in [5.41, 5.74) is 0.448. The lowest BCUT2D eigenvalue weighted by atomic mass is 9.93. The molecule has 0 amide bonds. The first-order valence-corrected chi connectivity index (χ1v) is 7.24. The van der Waals surface area contributed by atoms with Crippen molar-refractivity contribution < 1.29 is 4.39 Å². The minimum atomic E-state index is -0.487. The number of nitrogens with zero attached hydrogens (tertiary/aromatic N) is 2. The molecule has 1 atom stereocenters. The Morgan fingerprint density at radius 2 is 2.05 bits per heavy atom. The fourth-order valence-electron chi connectivity index (χ4n) is 2.58. The van der Waals surface area contributed by atoms with Crippen molar-refractivity contribution in [2.24, 2.45) is 5.92 Å². The normalized spacial score (nSPS) is 17.3. The molecule has 0 spiro atoms. The number of hydrogen-bond donors (Lipinski definition) is 1. The lowest BCUT2D eigenvalue weighted by Crippen LogP contribution is -2.54. The highest BCUT2D eigenvalue weighted by atomic mass is 19.1. The summed E-state index contributed by atoms with van der Waals surface area (Å²) in [5, 5.41) is 13.1. The van der Waals surface area contributed by atoms with Crippen LogP contribution in [0.25, 0.3) is 0 Å². The highest BCUT2D eigenvalue weighted by molar-refractivity contribution is 5.46. The van der Waals surface area contributed by atoms with Gasteiger partial charge >= 0.3 is 0 Å². The van der Waals surface area contributed by atoms with Crippen LogP contribution in [-0.4, -0.2) is 25.7 Å². The minimum absolute atomic E-state index is 0.236. The maximum absolute atomic E-state index is 13.0. The van der Waals surface area contributed by atoms with Crippen LogP contribution in [0.5, 0.6) is 0 Å². The molecule has 0 aromatic heterocycles. The zero-order valence-electron chi connectivity index (χ0n) is 12.2. The largest absolute Gasteiger partial charge is 0.372 e. The highest BCUT2D eigenvalue weighted by Crippen LogP contribution is 2.40. The first kappa shape index (κ1) is 14.8. The molecule has 0 saturated heterocycles. The number of nitriles is 1. The summed E-state index contributed by atoms with van der Waals surface area (Å²) in [6, 6.07) is 8.92. The topological polar surface area (TPSA) is 39.1 Å².